The topological polar surface area (TPSA) is 105 Å². The SMILES string of the molecule is Nc1nc(OCc2ccccc2F)nc(-n2cncn2)n1. The van der Waals surface area contributed by atoms with E-state index in [1.54, 1.807) is 18.2 Å². The molecule has 0 unspecified atom stereocenters. The Hall–Kier alpha value is -3.10. The monoisotopic (exact) mass is 287 g/mol. The van der Waals surface area contributed by atoms with Crippen LogP contribution in [0.1, 0.15) is 5.56 Å². The first-order valence-electron chi connectivity index (χ1n) is 5.95. The van der Waals surface area contributed by atoms with E-state index in [-0.39, 0.29) is 30.3 Å². The summed E-state index contributed by atoms with van der Waals surface area (Å²) in [4.78, 5) is 15.6. The van der Waals surface area contributed by atoms with Gasteiger partial charge in [0.2, 0.25) is 5.95 Å². The van der Waals surface area contributed by atoms with Gasteiger partial charge < -0.3 is 10.5 Å². The summed E-state index contributed by atoms with van der Waals surface area (Å²) in [5, 5.41) is 3.88. The lowest BCUT2D eigenvalue weighted by atomic mass is 10.2. The zero-order valence-electron chi connectivity index (χ0n) is 10.7. The molecule has 2 N–H and O–H groups in total. The zero-order chi connectivity index (χ0) is 14.7. The third-order valence-corrected chi connectivity index (χ3v) is 2.56. The third-order valence-electron chi connectivity index (χ3n) is 2.56. The fourth-order valence-electron chi connectivity index (χ4n) is 1.60. The lowest BCUT2D eigenvalue weighted by Crippen LogP contribution is -2.09. The molecule has 0 saturated carbocycles. The van der Waals surface area contributed by atoms with E-state index in [9.17, 15) is 4.39 Å². The Morgan fingerprint density at radius 2 is 2.05 bits per heavy atom. The number of hydrogen-bond donors (Lipinski definition) is 1. The molecule has 2 heterocycles. The molecule has 0 spiro atoms. The Morgan fingerprint density at radius 3 is 2.81 bits per heavy atom. The summed E-state index contributed by atoms with van der Waals surface area (Å²) >= 11 is 0. The Morgan fingerprint density at radius 1 is 1.19 bits per heavy atom. The van der Waals surface area contributed by atoms with Crippen LogP contribution in [0.2, 0.25) is 0 Å². The summed E-state index contributed by atoms with van der Waals surface area (Å²) in [5.74, 6) is -0.224. The third kappa shape index (κ3) is 2.91. The van der Waals surface area contributed by atoms with Crippen molar-refractivity contribution in [1.82, 2.24) is 29.7 Å². The molecule has 106 valence electrons. The Bertz CT molecular complexity index is 747. The molecule has 0 radical (unpaired) electrons. The fourth-order valence-corrected chi connectivity index (χ4v) is 1.60. The molecule has 0 amide bonds. The van der Waals surface area contributed by atoms with Crippen molar-refractivity contribution in [1.29, 1.82) is 0 Å². The Labute approximate surface area is 118 Å². The number of nitrogen functional groups attached to an aromatic ring is 1. The average Bonchev–Trinajstić information content (AvgIpc) is 3.00. The molecule has 0 aliphatic rings. The van der Waals surface area contributed by atoms with Crippen molar-refractivity contribution >= 4 is 5.95 Å². The van der Waals surface area contributed by atoms with E-state index in [1.165, 1.54) is 23.4 Å². The maximum Gasteiger partial charge on any atom is 0.323 e. The van der Waals surface area contributed by atoms with Gasteiger partial charge in [0.15, 0.2) is 0 Å². The van der Waals surface area contributed by atoms with E-state index in [4.69, 9.17) is 10.5 Å². The van der Waals surface area contributed by atoms with Crippen molar-refractivity contribution in [3.8, 4) is 12.0 Å². The molecule has 3 aromatic rings. The van der Waals surface area contributed by atoms with E-state index in [1.807, 2.05) is 0 Å². The van der Waals surface area contributed by atoms with E-state index in [0.717, 1.165) is 0 Å². The highest BCUT2D eigenvalue weighted by atomic mass is 19.1. The molecule has 0 aliphatic heterocycles. The van der Waals surface area contributed by atoms with Gasteiger partial charge in [-0.15, -0.1) is 0 Å². The quantitative estimate of drug-likeness (QED) is 0.755. The largest absolute Gasteiger partial charge is 0.458 e. The summed E-state index contributed by atoms with van der Waals surface area (Å²) in [6, 6.07) is 6.25. The number of nitrogens with zero attached hydrogens (tertiary/aromatic N) is 6. The number of aromatic nitrogens is 6. The van der Waals surface area contributed by atoms with Gasteiger partial charge in [-0.25, -0.2) is 9.37 Å². The first kappa shape index (κ1) is 12.9. The minimum atomic E-state index is -0.365. The van der Waals surface area contributed by atoms with Crippen LogP contribution in [0.25, 0.3) is 5.95 Å². The van der Waals surface area contributed by atoms with E-state index in [0.29, 0.717) is 5.56 Å². The molecule has 8 nitrogen and oxygen atoms in total. The smallest absolute Gasteiger partial charge is 0.323 e. The molecular weight excluding hydrogens is 277 g/mol. The van der Waals surface area contributed by atoms with Gasteiger partial charge in [-0.3, -0.25) is 0 Å². The second-order valence-corrected chi connectivity index (χ2v) is 4.00. The van der Waals surface area contributed by atoms with E-state index < -0.39 is 0 Å². The number of nitrogens with two attached hydrogens (primary N) is 1. The molecule has 2 aromatic heterocycles. The highest BCUT2D eigenvalue weighted by Gasteiger charge is 2.09. The molecule has 1 aromatic carbocycles. The van der Waals surface area contributed by atoms with Crippen LogP contribution < -0.4 is 10.5 Å². The first-order chi connectivity index (χ1) is 10.2. The van der Waals surface area contributed by atoms with Crippen LogP contribution in [-0.2, 0) is 6.61 Å². The zero-order valence-corrected chi connectivity index (χ0v) is 10.7. The predicted octanol–water partition coefficient (Wildman–Crippen LogP) is 0.753. The first-order valence-corrected chi connectivity index (χ1v) is 5.95. The van der Waals surface area contributed by atoms with E-state index in [2.05, 4.69) is 25.0 Å². The van der Waals surface area contributed by atoms with Crippen LogP contribution >= 0.6 is 0 Å². The van der Waals surface area contributed by atoms with Crippen LogP contribution in [0.15, 0.2) is 36.9 Å². The summed E-state index contributed by atoms with van der Waals surface area (Å²) in [6.07, 6.45) is 2.75. The van der Waals surface area contributed by atoms with Crippen molar-refractivity contribution in [2.75, 3.05) is 5.73 Å². The average molecular weight is 287 g/mol. The molecule has 3 rings (SSSR count). The highest BCUT2D eigenvalue weighted by molar-refractivity contribution is 5.24. The number of ether oxygens (including phenoxy) is 1. The maximum absolute atomic E-state index is 13.5. The van der Waals surface area contributed by atoms with E-state index >= 15 is 0 Å². The van der Waals surface area contributed by atoms with Gasteiger partial charge in [-0.1, -0.05) is 18.2 Å². The van der Waals surface area contributed by atoms with Crippen molar-refractivity contribution in [2.45, 2.75) is 6.61 Å². The Balaban J connectivity index is 1.81. The van der Waals surface area contributed by atoms with Gasteiger partial charge in [0.05, 0.1) is 0 Å². The van der Waals surface area contributed by atoms with Gasteiger partial charge in [-0.05, 0) is 6.07 Å². The Kier molecular flexibility index (Phi) is 3.37. The van der Waals surface area contributed by atoms with Crippen LogP contribution in [0, 0.1) is 5.82 Å². The predicted molar refractivity (Wildman–Crippen MR) is 69.9 cm³/mol. The molecule has 21 heavy (non-hydrogen) atoms. The van der Waals surface area contributed by atoms with Crippen LogP contribution in [-0.4, -0.2) is 29.7 Å². The van der Waals surface area contributed by atoms with Gasteiger partial charge in [0, 0.05) is 5.56 Å². The standard InChI is InChI=1S/C12H10FN7O/c13-9-4-2-1-3-8(9)5-21-12-18-10(14)17-11(19-12)20-7-15-6-16-20/h1-4,6-7H,5H2,(H2,14,17,18,19). The van der Waals surface area contributed by atoms with Crippen LogP contribution in [0.4, 0.5) is 10.3 Å². The summed E-state index contributed by atoms with van der Waals surface area (Å²) in [7, 11) is 0. The molecule has 9 heteroatoms. The minimum Gasteiger partial charge on any atom is -0.458 e. The fraction of sp³-hybridized carbons (Fsp3) is 0.0833. The normalized spacial score (nSPS) is 10.5. The molecule has 0 aliphatic carbocycles. The van der Waals surface area contributed by atoms with Gasteiger partial charge in [0.25, 0.3) is 5.95 Å². The molecule has 0 saturated heterocycles. The van der Waals surface area contributed by atoms with Crippen molar-refractivity contribution in [2.24, 2.45) is 0 Å². The lowest BCUT2D eigenvalue weighted by Gasteiger charge is -2.07. The van der Waals surface area contributed by atoms with Crippen LogP contribution in [0.3, 0.4) is 0 Å². The number of rotatable bonds is 4. The van der Waals surface area contributed by atoms with Crippen molar-refractivity contribution < 1.29 is 9.13 Å². The summed E-state index contributed by atoms with van der Waals surface area (Å²) < 4.78 is 20.2. The molecule has 0 bridgehead atoms. The molecule has 0 atom stereocenters. The van der Waals surface area contributed by atoms with Crippen molar-refractivity contribution in [3.63, 3.8) is 0 Å². The second-order valence-electron chi connectivity index (χ2n) is 4.00. The van der Waals surface area contributed by atoms with Crippen molar-refractivity contribution in [3.05, 3.63) is 48.3 Å². The molecular formula is C12H10FN7O. The number of benzene rings is 1. The summed E-state index contributed by atoms with van der Waals surface area (Å²) in [5.41, 5.74) is 5.97. The second kappa shape index (κ2) is 5.49. The van der Waals surface area contributed by atoms with Gasteiger partial charge in [0.1, 0.15) is 25.1 Å². The van der Waals surface area contributed by atoms with Gasteiger partial charge >= 0.3 is 6.01 Å². The maximum atomic E-state index is 13.5. The number of hydrogen-bond acceptors (Lipinski definition) is 7. The van der Waals surface area contributed by atoms with Gasteiger partial charge in [-0.2, -0.15) is 24.7 Å². The summed E-state index contributed by atoms with van der Waals surface area (Å²) in [6.45, 7) is -0.0209. The number of anilines is 1. The number of halogens is 1. The van der Waals surface area contributed by atoms with Crippen LogP contribution in [0.5, 0.6) is 6.01 Å². The highest BCUT2D eigenvalue weighted by Crippen LogP contribution is 2.12. The minimum absolute atomic E-state index is 0.0174. The lowest BCUT2D eigenvalue weighted by molar-refractivity contribution is 0.274. The molecule has 0 fully saturated rings.